The minimum atomic E-state index is -1.08. The van der Waals surface area contributed by atoms with Crippen LogP contribution in [0.5, 0.6) is 0 Å². The number of amides is 1. The first kappa shape index (κ1) is 11.8. The van der Waals surface area contributed by atoms with Crippen molar-refractivity contribution in [1.29, 1.82) is 0 Å². The molecule has 0 aromatic heterocycles. The molecule has 1 fully saturated rings. The fourth-order valence-electron chi connectivity index (χ4n) is 1.97. The zero-order valence-electron chi connectivity index (χ0n) is 9.14. The minimum absolute atomic E-state index is 0.197. The lowest BCUT2D eigenvalue weighted by molar-refractivity contribution is -0.133. The number of rotatable bonds is 2. The summed E-state index contributed by atoms with van der Waals surface area (Å²) in [6, 6.07) is 0.208. The van der Waals surface area contributed by atoms with Gasteiger partial charge in [-0.3, -0.25) is 4.79 Å². The molecule has 1 rings (SSSR count). The van der Waals surface area contributed by atoms with Crippen LogP contribution in [0.2, 0.25) is 0 Å². The molecule has 0 aliphatic carbocycles. The standard InChI is InChI=1S/C11H17NO3/c1-8-5-6-12(9(2)7-8)10(13)3-4-11(14)15/h3-4,8-9H,5-7H2,1-2H3,(H,14,15)/b4-3+. The number of carbonyl (C=O) groups excluding carboxylic acids is 1. The van der Waals surface area contributed by atoms with Crippen molar-refractivity contribution in [3.05, 3.63) is 12.2 Å². The number of piperidine rings is 1. The summed E-state index contributed by atoms with van der Waals surface area (Å²) in [5.41, 5.74) is 0. The molecule has 1 aliphatic heterocycles. The van der Waals surface area contributed by atoms with Crippen molar-refractivity contribution in [3.8, 4) is 0 Å². The van der Waals surface area contributed by atoms with Gasteiger partial charge in [-0.15, -0.1) is 0 Å². The van der Waals surface area contributed by atoms with Crippen LogP contribution in [-0.4, -0.2) is 34.5 Å². The summed E-state index contributed by atoms with van der Waals surface area (Å²) >= 11 is 0. The van der Waals surface area contributed by atoms with Gasteiger partial charge in [-0.25, -0.2) is 4.79 Å². The molecule has 1 saturated heterocycles. The zero-order valence-corrected chi connectivity index (χ0v) is 9.14. The molecule has 1 N–H and O–H groups in total. The van der Waals surface area contributed by atoms with Crippen molar-refractivity contribution in [2.24, 2.45) is 5.92 Å². The third-order valence-electron chi connectivity index (χ3n) is 2.79. The van der Waals surface area contributed by atoms with Crippen LogP contribution in [0.1, 0.15) is 26.7 Å². The molecule has 15 heavy (non-hydrogen) atoms. The van der Waals surface area contributed by atoms with Gasteiger partial charge in [0.2, 0.25) is 5.91 Å². The van der Waals surface area contributed by atoms with E-state index in [2.05, 4.69) is 6.92 Å². The van der Waals surface area contributed by atoms with Gasteiger partial charge < -0.3 is 10.0 Å². The third-order valence-corrected chi connectivity index (χ3v) is 2.79. The van der Waals surface area contributed by atoms with E-state index in [1.807, 2.05) is 6.92 Å². The number of hydrogen-bond acceptors (Lipinski definition) is 2. The molecule has 0 aromatic rings. The van der Waals surface area contributed by atoms with Gasteiger partial charge in [0.25, 0.3) is 0 Å². The number of carbonyl (C=O) groups is 2. The Balaban J connectivity index is 2.56. The molecular weight excluding hydrogens is 194 g/mol. The second-order valence-corrected chi connectivity index (χ2v) is 4.18. The molecule has 84 valence electrons. The van der Waals surface area contributed by atoms with Crippen LogP contribution in [0.3, 0.4) is 0 Å². The number of carboxylic acid groups (broad SMARTS) is 1. The Labute approximate surface area is 89.6 Å². The van der Waals surface area contributed by atoms with E-state index in [1.54, 1.807) is 4.90 Å². The van der Waals surface area contributed by atoms with Gasteiger partial charge in [-0.1, -0.05) is 6.92 Å². The summed E-state index contributed by atoms with van der Waals surface area (Å²) < 4.78 is 0. The molecule has 0 spiro atoms. The van der Waals surface area contributed by atoms with Crippen molar-refractivity contribution >= 4 is 11.9 Å². The molecule has 0 radical (unpaired) electrons. The average Bonchev–Trinajstić information content (AvgIpc) is 2.14. The predicted octanol–water partition coefficient (Wildman–Crippen LogP) is 1.27. The summed E-state index contributed by atoms with van der Waals surface area (Å²) in [6.45, 7) is 4.90. The highest BCUT2D eigenvalue weighted by molar-refractivity contribution is 5.94. The highest BCUT2D eigenvalue weighted by Crippen LogP contribution is 2.22. The van der Waals surface area contributed by atoms with E-state index in [0.29, 0.717) is 5.92 Å². The van der Waals surface area contributed by atoms with Crippen molar-refractivity contribution in [1.82, 2.24) is 4.90 Å². The third kappa shape index (κ3) is 3.38. The Morgan fingerprint density at radius 2 is 2.00 bits per heavy atom. The highest BCUT2D eigenvalue weighted by atomic mass is 16.4. The molecule has 0 bridgehead atoms. The van der Waals surface area contributed by atoms with E-state index in [1.165, 1.54) is 0 Å². The number of aliphatic carboxylic acids is 1. The second-order valence-electron chi connectivity index (χ2n) is 4.18. The predicted molar refractivity (Wildman–Crippen MR) is 56.3 cm³/mol. The smallest absolute Gasteiger partial charge is 0.328 e. The fourth-order valence-corrected chi connectivity index (χ4v) is 1.97. The second kappa shape index (κ2) is 4.96. The number of carboxylic acids is 1. The van der Waals surface area contributed by atoms with Gasteiger partial charge in [-0.2, -0.15) is 0 Å². The maximum absolute atomic E-state index is 11.6. The Hall–Kier alpha value is -1.32. The van der Waals surface area contributed by atoms with Crippen LogP contribution in [0, 0.1) is 5.92 Å². The average molecular weight is 211 g/mol. The fraction of sp³-hybridized carbons (Fsp3) is 0.636. The van der Waals surface area contributed by atoms with Crippen LogP contribution in [0.4, 0.5) is 0 Å². The van der Waals surface area contributed by atoms with Gasteiger partial charge in [0.15, 0.2) is 0 Å². The van der Waals surface area contributed by atoms with E-state index in [9.17, 15) is 9.59 Å². The molecule has 1 heterocycles. The largest absolute Gasteiger partial charge is 0.478 e. The molecule has 2 unspecified atom stereocenters. The van der Waals surface area contributed by atoms with Crippen molar-refractivity contribution in [2.75, 3.05) is 6.54 Å². The number of hydrogen-bond donors (Lipinski definition) is 1. The lowest BCUT2D eigenvalue weighted by atomic mass is 9.93. The van der Waals surface area contributed by atoms with Crippen LogP contribution < -0.4 is 0 Å². The van der Waals surface area contributed by atoms with Gasteiger partial charge in [-0.05, 0) is 25.7 Å². The molecule has 1 amide bonds. The molecule has 1 aliphatic rings. The van der Waals surface area contributed by atoms with Crippen molar-refractivity contribution in [3.63, 3.8) is 0 Å². The summed E-state index contributed by atoms with van der Waals surface area (Å²) in [5, 5.41) is 8.41. The molecule has 2 atom stereocenters. The molecule has 0 saturated carbocycles. The van der Waals surface area contributed by atoms with Gasteiger partial charge in [0, 0.05) is 24.7 Å². The lowest BCUT2D eigenvalue weighted by Crippen LogP contribution is -2.43. The topological polar surface area (TPSA) is 57.6 Å². The van der Waals surface area contributed by atoms with Crippen molar-refractivity contribution < 1.29 is 14.7 Å². The molecule has 4 nitrogen and oxygen atoms in total. The van der Waals surface area contributed by atoms with Crippen LogP contribution >= 0.6 is 0 Å². The van der Waals surface area contributed by atoms with Crippen LogP contribution in [0.15, 0.2) is 12.2 Å². The van der Waals surface area contributed by atoms with Crippen molar-refractivity contribution in [2.45, 2.75) is 32.7 Å². The Kier molecular flexibility index (Phi) is 3.88. The first-order chi connectivity index (χ1) is 7.00. The van der Waals surface area contributed by atoms with Crippen LogP contribution in [0.25, 0.3) is 0 Å². The molecule has 4 heteroatoms. The van der Waals surface area contributed by atoms with E-state index >= 15 is 0 Å². The van der Waals surface area contributed by atoms with Gasteiger partial charge in [0.1, 0.15) is 0 Å². The van der Waals surface area contributed by atoms with Gasteiger partial charge >= 0.3 is 5.97 Å². The van der Waals surface area contributed by atoms with E-state index in [-0.39, 0.29) is 11.9 Å². The van der Waals surface area contributed by atoms with E-state index in [0.717, 1.165) is 31.5 Å². The number of likely N-dealkylation sites (tertiary alicyclic amines) is 1. The van der Waals surface area contributed by atoms with E-state index in [4.69, 9.17) is 5.11 Å². The minimum Gasteiger partial charge on any atom is -0.478 e. The SMILES string of the molecule is CC1CCN(C(=O)/C=C/C(=O)O)C(C)C1. The highest BCUT2D eigenvalue weighted by Gasteiger charge is 2.25. The summed E-state index contributed by atoms with van der Waals surface area (Å²) in [6.07, 6.45) is 4.02. The first-order valence-corrected chi connectivity index (χ1v) is 5.22. The van der Waals surface area contributed by atoms with Gasteiger partial charge in [0.05, 0.1) is 0 Å². The zero-order chi connectivity index (χ0) is 11.4. The lowest BCUT2D eigenvalue weighted by Gasteiger charge is -2.35. The Bertz CT molecular complexity index is 286. The Morgan fingerprint density at radius 1 is 1.33 bits per heavy atom. The number of nitrogens with zero attached hydrogens (tertiary/aromatic N) is 1. The molecular formula is C11H17NO3. The summed E-state index contributed by atoms with van der Waals surface area (Å²) in [4.78, 5) is 23.6. The summed E-state index contributed by atoms with van der Waals surface area (Å²) in [5.74, 6) is -0.634. The normalized spacial score (nSPS) is 26.9. The Morgan fingerprint density at radius 3 is 2.53 bits per heavy atom. The quantitative estimate of drug-likeness (QED) is 0.700. The molecule has 0 aromatic carbocycles. The maximum Gasteiger partial charge on any atom is 0.328 e. The van der Waals surface area contributed by atoms with E-state index < -0.39 is 5.97 Å². The monoisotopic (exact) mass is 211 g/mol. The van der Waals surface area contributed by atoms with Crippen LogP contribution in [-0.2, 0) is 9.59 Å². The maximum atomic E-state index is 11.6. The first-order valence-electron chi connectivity index (χ1n) is 5.22. The summed E-state index contributed by atoms with van der Waals surface area (Å²) in [7, 11) is 0.